The smallest absolute Gasteiger partial charge is 0.297 e. The summed E-state index contributed by atoms with van der Waals surface area (Å²) in [5, 5.41) is 14.1. The minimum absolute atomic E-state index is 0.0754. The number of hydrogen-bond donors (Lipinski definition) is 0. The van der Waals surface area contributed by atoms with Gasteiger partial charge >= 0.3 is 5.69 Å². The fourth-order valence-electron chi connectivity index (χ4n) is 1.23. The number of nitrogens with zero attached hydrogens (tertiary/aromatic N) is 3. The van der Waals surface area contributed by atoms with E-state index < -0.39 is 4.92 Å². The molecule has 1 aromatic rings. The van der Waals surface area contributed by atoms with Gasteiger partial charge in [0.1, 0.15) is 18.9 Å². The minimum Gasteiger partial charge on any atom is -0.297 e. The Morgan fingerprint density at radius 3 is 2.93 bits per heavy atom. The highest BCUT2D eigenvalue weighted by atomic mass is 16.6. The average molecular weight is 195 g/mol. The zero-order valence-corrected chi connectivity index (χ0v) is 7.42. The molecule has 1 fully saturated rings. The van der Waals surface area contributed by atoms with E-state index in [1.54, 1.807) is 0 Å². The molecule has 0 N–H and O–H groups in total. The second-order valence-corrected chi connectivity index (χ2v) is 3.39. The number of nitro groups is 1. The first-order chi connectivity index (χ1) is 6.66. The van der Waals surface area contributed by atoms with E-state index in [2.05, 4.69) is 5.10 Å². The summed E-state index contributed by atoms with van der Waals surface area (Å²) in [4.78, 5) is 21.1. The van der Waals surface area contributed by atoms with Gasteiger partial charge in [-0.2, -0.15) is 5.10 Å². The standard InChI is InChI=1S/C8H9N3O3/c12-8(6-1-2-6)5-10-4-7(3-9-10)11(13)14/h3-4,6H,1-2,5H2. The molecular formula is C8H9N3O3. The minimum atomic E-state index is -0.523. The SMILES string of the molecule is O=C(Cn1cc([N+](=O)[O-])cn1)C1CC1. The molecule has 0 spiro atoms. The summed E-state index contributed by atoms with van der Waals surface area (Å²) in [7, 11) is 0. The molecule has 1 aliphatic carbocycles. The Bertz CT molecular complexity index is 381. The van der Waals surface area contributed by atoms with Crippen molar-refractivity contribution in [1.82, 2.24) is 9.78 Å². The summed E-state index contributed by atoms with van der Waals surface area (Å²) in [5.41, 5.74) is -0.0754. The molecular weight excluding hydrogens is 186 g/mol. The molecule has 0 saturated heterocycles. The van der Waals surface area contributed by atoms with Crippen molar-refractivity contribution < 1.29 is 9.72 Å². The van der Waals surface area contributed by atoms with Crippen molar-refractivity contribution in [2.75, 3.05) is 0 Å². The van der Waals surface area contributed by atoms with Gasteiger partial charge in [-0.3, -0.25) is 19.6 Å². The van der Waals surface area contributed by atoms with Crippen molar-refractivity contribution in [3.63, 3.8) is 0 Å². The summed E-state index contributed by atoms with van der Waals surface area (Å²) in [5.74, 6) is 0.279. The lowest BCUT2D eigenvalue weighted by Gasteiger charge is -1.96. The molecule has 0 bridgehead atoms. The topological polar surface area (TPSA) is 78.0 Å². The highest BCUT2D eigenvalue weighted by Crippen LogP contribution is 2.30. The number of carbonyl (C=O) groups excluding carboxylic acids is 1. The average Bonchev–Trinajstić information content (AvgIpc) is 2.87. The Morgan fingerprint density at radius 2 is 2.43 bits per heavy atom. The number of hydrogen-bond acceptors (Lipinski definition) is 4. The van der Waals surface area contributed by atoms with Crippen LogP contribution in [0.4, 0.5) is 5.69 Å². The van der Waals surface area contributed by atoms with Gasteiger partial charge in [-0.05, 0) is 12.8 Å². The molecule has 0 radical (unpaired) electrons. The molecule has 6 nitrogen and oxygen atoms in total. The fraction of sp³-hybridized carbons (Fsp3) is 0.500. The van der Waals surface area contributed by atoms with Crippen LogP contribution in [0.5, 0.6) is 0 Å². The fourth-order valence-corrected chi connectivity index (χ4v) is 1.23. The maximum Gasteiger partial charge on any atom is 0.307 e. The Kier molecular flexibility index (Phi) is 2.03. The van der Waals surface area contributed by atoms with E-state index in [0.717, 1.165) is 19.0 Å². The summed E-state index contributed by atoms with van der Waals surface area (Å²) in [6.45, 7) is 0.151. The van der Waals surface area contributed by atoms with E-state index >= 15 is 0 Å². The van der Waals surface area contributed by atoms with Crippen LogP contribution in [0.15, 0.2) is 12.4 Å². The van der Waals surface area contributed by atoms with E-state index in [1.807, 2.05) is 0 Å². The summed E-state index contributed by atoms with van der Waals surface area (Å²) in [6, 6.07) is 0. The zero-order valence-electron chi connectivity index (χ0n) is 7.42. The second-order valence-electron chi connectivity index (χ2n) is 3.39. The van der Waals surface area contributed by atoms with Gasteiger partial charge in [0, 0.05) is 5.92 Å². The number of rotatable bonds is 4. The normalized spacial score (nSPS) is 15.4. The van der Waals surface area contributed by atoms with E-state index in [0.29, 0.717) is 0 Å². The third-order valence-electron chi connectivity index (χ3n) is 2.18. The zero-order chi connectivity index (χ0) is 10.1. The van der Waals surface area contributed by atoms with Crippen LogP contribution in [0.3, 0.4) is 0 Å². The van der Waals surface area contributed by atoms with Crippen molar-refractivity contribution in [1.29, 1.82) is 0 Å². The van der Waals surface area contributed by atoms with Gasteiger partial charge in [-0.1, -0.05) is 0 Å². The van der Waals surface area contributed by atoms with Gasteiger partial charge in [-0.25, -0.2) is 0 Å². The quantitative estimate of drug-likeness (QED) is 0.525. The molecule has 1 saturated carbocycles. The van der Waals surface area contributed by atoms with E-state index in [4.69, 9.17) is 0 Å². The van der Waals surface area contributed by atoms with Gasteiger partial charge in [-0.15, -0.1) is 0 Å². The molecule has 14 heavy (non-hydrogen) atoms. The van der Waals surface area contributed by atoms with Crippen LogP contribution >= 0.6 is 0 Å². The number of ketones is 1. The largest absolute Gasteiger partial charge is 0.307 e. The van der Waals surface area contributed by atoms with Gasteiger partial charge in [0.15, 0.2) is 5.78 Å². The number of Topliss-reactive ketones (excluding diaryl/α,β-unsaturated/α-hetero) is 1. The van der Waals surface area contributed by atoms with E-state index in [9.17, 15) is 14.9 Å². The third-order valence-corrected chi connectivity index (χ3v) is 2.18. The van der Waals surface area contributed by atoms with Crippen molar-refractivity contribution in [2.24, 2.45) is 5.92 Å². The lowest BCUT2D eigenvalue weighted by atomic mass is 10.3. The van der Waals surface area contributed by atoms with Crippen LogP contribution in [0, 0.1) is 16.0 Å². The van der Waals surface area contributed by atoms with Gasteiger partial charge < -0.3 is 0 Å². The van der Waals surface area contributed by atoms with Crippen LogP contribution in [0.1, 0.15) is 12.8 Å². The van der Waals surface area contributed by atoms with Crippen LogP contribution < -0.4 is 0 Å². The molecule has 2 rings (SSSR count). The number of aromatic nitrogens is 2. The number of carbonyl (C=O) groups is 1. The second kappa shape index (κ2) is 3.21. The van der Waals surface area contributed by atoms with Crippen LogP contribution in [-0.2, 0) is 11.3 Å². The first kappa shape index (κ1) is 8.86. The van der Waals surface area contributed by atoms with E-state index in [1.165, 1.54) is 10.9 Å². The highest BCUT2D eigenvalue weighted by Gasteiger charge is 2.29. The van der Waals surface area contributed by atoms with Gasteiger partial charge in [0.25, 0.3) is 0 Å². The van der Waals surface area contributed by atoms with Crippen LogP contribution in [0.2, 0.25) is 0 Å². The first-order valence-corrected chi connectivity index (χ1v) is 4.36. The van der Waals surface area contributed by atoms with Crippen molar-refractivity contribution in [3.05, 3.63) is 22.5 Å². The van der Waals surface area contributed by atoms with Crippen molar-refractivity contribution in [2.45, 2.75) is 19.4 Å². The summed E-state index contributed by atoms with van der Waals surface area (Å²) >= 11 is 0. The molecule has 1 aliphatic rings. The summed E-state index contributed by atoms with van der Waals surface area (Å²) < 4.78 is 1.32. The molecule has 1 aromatic heterocycles. The van der Waals surface area contributed by atoms with Crippen molar-refractivity contribution in [3.8, 4) is 0 Å². The Hall–Kier alpha value is -1.72. The molecule has 0 aromatic carbocycles. The van der Waals surface area contributed by atoms with Crippen LogP contribution in [0.25, 0.3) is 0 Å². The predicted octanol–water partition coefficient (Wildman–Crippen LogP) is 0.770. The predicted molar refractivity (Wildman–Crippen MR) is 46.6 cm³/mol. The van der Waals surface area contributed by atoms with E-state index in [-0.39, 0.29) is 23.9 Å². The van der Waals surface area contributed by atoms with Crippen LogP contribution in [-0.4, -0.2) is 20.5 Å². The lowest BCUT2D eigenvalue weighted by Crippen LogP contribution is -2.11. The van der Waals surface area contributed by atoms with Gasteiger partial charge in [0.05, 0.1) is 4.92 Å². The summed E-state index contributed by atoms with van der Waals surface area (Å²) in [6.07, 6.45) is 4.32. The lowest BCUT2D eigenvalue weighted by molar-refractivity contribution is -0.385. The molecule has 0 amide bonds. The molecule has 1 heterocycles. The maximum atomic E-state index is 11.3. The molecule has 0 aliphatic heterocycles. The first-order valence-electron chi connectivity index (χ1n) is 4.36. The Morgan fingerprint density at radius 1 is 1.71 bits per heavy atom. The van der Waals surface area contributed by atoms with Gasteiger partial charge in [0.2, 0.25) is 0 Å². The molecule has 6 heteroatoms. The van der Waals surface area contributed by atoms with Crippen molar-refractivity contribution >= 4 is 11.5 Å². The molecule has 74 valence electrons. The monoisotopic (exact) mass is 195 g/mol. The maximum absolute atomic E-state index is 11.3. The molecule has 0 atom stereocenters. The highest BCUT2D eigenvalue weighted by molar-refractivity contribution is 5.82. The molecule has 0 unspecified atom stereocenters. The third kappa shape index (κ3) is 1.78. The Labute approximate surface area is 79.7 Å². The Balaban J connectivity index is 2.02.